The summed E-state index contributed by atoms with van der Waals surface area (Å²) in [4.78, 5) is 19.3. The number of nitrogens with zero attached hydrogens (tertiary/aromatic N) is 1. The molecule has 0 fully saturated rings. The minimum absolute atomic E-state index is 0.0231. The number of fused-ring (bicyclic) bond motifs is 1. The Kier molecular flexibility index (Phi) is 5.10. The van der Waals surface area contributed by atoms with Gasteiger partial charge in [-0.05, 0) is 29.9 Å². The first-order valence-electron chi connectivity index (χ1n) is 7.40. The molecule has 2 heterocycles. The highest BCUT2D eigenvalue weighted by Crippen LogP contribution is 2.26. The molecule has 0 saturated carbocycles. The zero-order valence-corrected chi connectivity index (χ0v) is 14.1. The zero-order chi connectivity index (χ0) is 15.4. The van der Waals surface area contributed by atoms with Crippen LogP contribution in [-0.4, -0.2) is 15.7 Å². The van der Waals surface area contributed by atoms with Crippen molar-refractivity contribution in [1.82, 2.24) is 9.97 Å². The van der Waals surface area contributed by atoms with Crippen LogP contribution in [0.5, 0.6) is 0 Å². The van der Waals surface area contributed by atoms with Crippen LogP contribution in [-0.2, 0) is 17.3 Å². The number of aromatic nitrogens is 2. The van der Waals surface area contributed by atoms with Crippen molar-refractivity contribution in [2.24, 2.45) is 0 Å². The van der Waals surface area contributed by atoms with E-state index in [1.54, 1.807) is 11.8 Å². The molecule has 0 saturated heterocycles. The summed E-state index contributed by atoms with van der Waals surface area (Å²) in [6, 6.07) is 8.30. The van der Waals surface area contributed by atoms with E-state index in [1.807, 2.05) is 23.9 Å². The number of hydrogen-bond donors (Lipinski definition) is 2. The summed E-state index contributed by atoms with van der Waals surface area (Å²) < 4.78 is 0. The quantitative estimate of drug-likeness (QED) is 0.785. The molecule has 1 aliphatic rings. The normalized spacial score (nSPS) is 13.1. The molecule has 0 aliphatic carbocycles. The highest BCUT2D eigenvalue weighted by atomic mass is 32.2. The van der Waals surface area contributed by atoms with Crippen molar-refractivity contribution in [2.45, 2.75) is 30.6 Å². The predicted molar refractivity (Wildman–Crippen MR) is 96.0 cm³/mol. The van der Waals surface area contributed by atoms with Gasteiger partial charge in [0.1, 0.15) is 0 Å². The SMILES string of the molecule is CCCSCc1ccc(Nc2nc3c(c(=O)[nH]2)CSC3)cc1. The molecular weight excluding hydrogens is 314 g/mol. The third-order valence-corrected chi connectivity index (χ3v) is 5.62. The van der Waals surface area contributed by atoms with Crippen LogP contribution in [0.25, 0.3) is 0 Å². The van der Waals surface area contributed by atoms with Gasteiger partial charge in [0.15, 0.2) is 0 Å². The summed E-state index contributed by atoms with van der Waals surface area (Å²) in [6.45, 7) is 2.20. The fourth-order valence-corrected chi connectivity index (χ4v) is 4.17. The maximum atomic E-state index is 12.0. The highest BCUT2D eigenvalue weighted by Gasteiger charge is 2.17. The van der Waals surface area contributed by atoms with E-state index in [-0.39, 0.29) is 5.56 Å². The van der Waals surface area contributed by atoms with Gasteiger partial charge in [-0.2, -0.15) is 23.5 Å². The molecule has 1 aliphatic heterocycles. The Morgan fingerprint density at radius 3 is 2.91 bits per heavy atom. The molecule has 0 bridgehead atoms. The van der Waals surface area contributed by atoms with Gasteiger partial charge in [0.25, 0.3) is 5.56 Å². The van der Waals surface area contributed by atoms with Crippen molar-refractivity contribution in [3.05, 3.63) is 51.4 Å². The third kappa shape index (κ3) is 3.67. The maximum Gasteiger partial charge on any atom is 0.256 e. The predicted octanol–water partition coefficient (Wildman–Crippen LogP) is 3.90. The lowest BCUT2D eigenvalue weighted by atomic mass is 10.2. The fraction of sp³-hybridized carbons (Fsp3) is 0.375. The van der Waals surface area contributed by atoms with E-state index >= 15 is 0 Å². The molecule has 116 valence electrons. The molecule has 1 aromatic carbocycles. The smallest absolute Gasteiger partial charge is 0.256 e. The van der Waals surface area contributed by atoms with Crippen LogP contribution in [0.15, 0.2) is 29.1 Å². The summed E-state index contributed by atoms with van der Waals surface area (Å²) in [6.07, 6.45) is 1.21. The highest BCUT2D eigenvalue weighted by molar-refractivity contribution is 7.98. The molecule has 0 amide bonds. The van der Waals surface area contributed by atoms with Crippen molar-refractivity contribution >= 4 is 35.2 Å². The summed E-state index contributed by atoms with van der Waals surface area (Å²) >= 11 is 3.68. The Balaban J connectivity index is 1.68. The third-order valence-electron chi connectivity index (χ3n) is 3.42. The van der Waals surface area contributed by atoms with E-state index < -0.39 is 0 Å². The van der Waals surface area contributed by atoms with Crippen LogP contribution in [0.1, 0.15) is 30.2 Å². The second kappa shape index (κ2) is 7.24. The number of rotatable bonds is 6. The lowest BCUT2D eigenvalue weighted by Crippen LogP contribution is -2.16. The second-order valence-corrected chi connectivity index (χ2v) is 7.30. The van der Waals surface area contributed by atoms with Crippen LogP contribution < -0.4 is 10.9 Å². The van der Waals surface area contributed by atoms with E-state index in [0.717, 1.165) is 34.2 Å². The standard InChI is InChI=1S/C16H19N3OS2/c1-2-7-21-8-11-3-5-12(6-4-11)17-16-18-14-10-22-9-13(14)15(20)19-16/h3-6H,2,7-10H2,1H3,(H2,17,18,19,20). The van der Waals surface area contributed by atoms with Crippen LogP contribution in [0.3, 0.4) is 0 Å². The lowest BCUT2D eigenvalue weighted by molar-refractivity contribution is 1.03. The Morgan fingerprint density at radius 1 is 1.32 bits per heavy atom. The van der Waals surface area contributed by atoms with Gasteiger partial charge >= 0.3 is 0 Å². The van der Waals surface area contributed by atoms with Gasteiger partial charge in [-0.3, -0.25) is 9.78 Å². The molecule has 0 radical (unpaired) electrons. The first-order valence-corrected chi connectivity index (χ1v) is 9.70. The Morgan fingerprint density at radius 2 is 2.14 bits per heavy atom. The van der Waals surface area contributed by atoms with Gasteiger partial charge < -0.3 is 5.32 Å². The summed E-state index contributed by atoms with van der Waals surface area (Å²) in [5, 5.41) is 3.19. The second-order valence-electron chi connectivity index (χ2n) is 5.21. The molecule has 1 aromatic heterocycles. The Bertz CT molecular complexity index is 698. The van der Waals surface area contributed by atoms with Crippen LogP contribution in [0.4, 0.5) is 11.6 Å². The zero-order valence-electron chi connectivity index (χ0n) is 12.5. The van der Waals surface area contributed by atoms with Gasteiger partial charge in [0.05, 0.1) is 5.69 Å². The molecule has 4 nitrogen and oxygen atoms in total. The van der Waals surface area contributed by atoms with Crippen LogP contribution in [0.2, 0.25) is 0 Å². The number of aromatic amines is 1. The minimum atomic E-state index is -0.0231. The van der Waals surface area contributed by atoms with Gasteiger partial charge in [0.2, 0.25) is 5.95 Å². The molecule has 0 atom stereocenters. The van der Waals surface area contributed by atoms with Gasteiger partial charge in [-0.15, -0.1) is 0 Å². The molecule has 6 heteroatoms. The maximum absolute atomic E-state index is 12.0. The summed E-state index contributed by atoms with van der Waals surface area (Å²) in [5.74, 6) is 4.35. The van der Waals surface area contributed by atoms with Crippen LogP contribution in [0, 0.1) is 0 Å². The fourth-order valence-electron chi connectivity index (χ4n) is 2.28. The molecule has 22 heavy (non-hydrogen) atoms. The van der Waals surface area contributed by atoms with Crippen molar-refractivity contribution in [2.75, 3.05) is 11.1 Å². The molecule has 0 unspecified atom stereocenters. The topological polar surface area (TPSA) is 57.8 Å². The summed E-state index contributed by atoms with van der Waals surface area (Å²) in [5.41, 5.74) is 3.96. The number of H-pyrrole nitrogens is 1. The summed E-state index contributed by atoms with van der Waals surface area (Å²) in [7, 11) is 0. The number of anilines is 2. The van der Waals surface area contributed by atoms with E-state index in [2.05, 4.69) is 34.3 Å². The Labute approximate surface area is 138 Å². The van der Waals surface area contributed by atoms with Crippen molar-refractivity contribution < 1.29 is 0 Å². The number of benzene rings is 1. The average Bonchev–Trinajstić information content (AvgIpc) is 2.98. The minimum Gasteiger partial charge on any atom is -0.326 e. The first-order chi connectivity index (χ1) is 10.8. The molecular formula is C16H19N3OS2. The van der Waals surface area contributed by atoms with E-state index in [4.69, 9.17) is 0 Å². The monoisotopic (exact) mass is 333 g/mol. The molecule has 3 rings (SSSR count). The van der Waals surface area contributed by atoms with Crippen molar-refractivity contribution in [3.63, 3.8) is 0 Å². The van der Waals surface area contributed by atoms with E-state index in [0.29, 0.717) is 5.95 Å². The van der Waals surface area contributed by atoms with Crippen molar-refractivity contribution in [3.8, 4) is 0 Å². The first kappa shape index (κ1) is 15.5. The Hall–Kier alpha value is -1.40. The van der Waals surface area contributed by atoms with E-state index in [1.165, 1.54) is 17.7 Å². The average molecular weight is 333 g/mol. The van der Waals surface area contributed by atoms with Gasteiger partial charge in [-0.1, -0.05) is 19.1 Å². The molecule has 0 spiro atoms. The molecule has 2 N–H and O–H groups in total. The van der Waals surface area contributed by atoms with Crippen LogP contribution >= 0.6 is 23.5 Å². The number of thioether (sulfide) groups is 2. The van der Waals surface area contributed by atoms with Crippen molar-refractivity contribution in [1.29, 1.82) is 0 Å². The van der Waals surface area contributed by atoms with Gasteiger partial charge in [0, 0.05) is 28.5 Å². The lowest BCUT2D eigenvalue weighted by Gasteiger charge is -2.08. The number of nitrogens with one attached hydrogen (secondary N) is 2. The molecule has 2 aromatic rings. The number of hydrogen-bond acceptors (Lipinski definition) is 5. The van der Waals surface area contributed by atoms with E-state index in [9.17, 15) is 4.79 Å². The largest absolute Gasteiger partial charge is 0.326 e. The van der Waals surface area contributed by atoms with Gasteiger partial charge in [-0.25, -0.2) is 4.98 Å².